The predicted molar refractivity (Wildman–Crippen MR) is 114 cm³/mol. The summed E-state index contributed by atoms with van der Waals surface area (Å²) in [4.78, 5) is 16.2. The normalized spacial score (nSPS) is 13.9. The van der Waals surface area contributed by atoms with E-state index < -0.39 is 5.82 Å². The van der Waals surface area contributed by atoms with Gasteiger partial charge in [0.1, 0.15) is 5.82 Å². The largest absolute Gasteiger partial charge is 0.384 e. The van der Waals surface area contributed by atoms with Gasteiger partial charge in [0.2, 0.25) is 0 Å². The minimum Gasteiger partial charge on any atom is -0.384 e. The molecule has 0 saturated heterocycles. The fraction of sp³-hybridized carbons (Fsp3) is 0.130. The lowest BCUT2D eigenvalue weighted by Gasteiger charge is -2.11. The molecule has 6 heteroatoms. The molecule has 0 saturated carbocycles. The SMILES string of the molecule is Cc1cc(N/C=C2/C(=O)Nc3cccc(F)c32)ccc1NCCc1ccncc1. The van der Waals surface area contributed by atoms with Gasteiger partial charge < -0.3 is 16.0 Å². The Hall–Kier alpha value is -3.67. The molecular weight excluding hydrogens is 367 g/mol. The summed E-state index contributed by atoms with van der Waals surface area (Å²) in [5.41, 5.74) is 5.27. The molecule has 0 fully saturated rings. The van der Waals surface area contributed by atoms with E-state index in [1.165, 1.54) is 11.6 Å². The first-order valence-electron chi connectivity index (χ1n) is 9.42. The van der Waals surface area contributed by atoms with Crippen LogP contribution in [0.3, 0.4) is 0 Å². The quantitative estimate of drug-likeness (QED) is 0.541. The number of carbonyl (C=O) groups is 1. The van der Waals surface area contributed by atoms with E-state index in [1.54, 1.807) is 30.7 Å². The van der Waals surface area contributed by atoms with Gasteiger partial charge in [-0.3, -0.25) is 9.78 Å². The van der Waals surface area contributed by atoms with Gasteiger partial charge in [0.05, 0.1) is 11.3 Å². The van der Waals surface area contributed by atoms with E-state index in [0.29, 0.717) is 11.3 Å². The van der Waals surface area contributed by atoms with Gasteiger partial charge >= 0.3 is 0 Å². The third-order valence-corrected chi connectivity index (χ3v) is 4.86. The smallest absolute Gasteiger partial charge is 0.257 e. The highest BCUT2D eigenvalue weighted by Crippen LogP contribution is 2.33. The summed E-state index contributed by atoms with van der Waals surface area (Å²) >= 11 is 0. The number of rotatable bonds is 6. The first kappa shape index (κ1) is 18.7. The number of pyridine rings is 1. The third kappa shape index (κ3) is 4.11. The second kappa shape index (κ2) is 8.14. The highest BCUT2D eigenvalue weighted by Gasteiger charge is 2.27. The van der Waals surface area contributed by atoms with Crippen molar-refractivity contribution >= 4 is 28.5 Å². The molecule has 0 spiro atoms. The monoisotopic (exact) mass is 388 g/mol. The molecule has 1 aliphatic heterocycles. The number of carbonyl (C=O) groups excluding carboxylic acids is 1. The summed E-state index contributed by atoms with van der Waals surface area (Å²) in [6.45, 7) is 2.84. The van der Waals surface area contributed by atoms with Crippen molar-refractivity contribution in [3.63, 3.8) is 0 Å². The highest BCUT2D eigenvalue weighted by molar-refractivity contribution is 6.31. The van der Waals surface area contributed by atoms with Crippen LogP contribution < -0.4 is 16.0 Å². The van der Waals surface area contributed by atoms with Crippen LogP contribution in [0.2, 0.25) is 0 Å². The maximum Gasteiger partial charge on any atom is 0.257 e. The van der Waals surface area contributed by atoms with Crippen LogP contribution in [0, 0.1) is 12.7 Å². The summed E-state index contributed by atoms with van der Waals surface area (Å²) in [5, 5.41) is 9.23. The van der Waals surface area contributed by atoms with Crippen LogP contribution in [0.4, 0.5) is 21.5 Å². The van der Waals surface area contributed by atoms with Gasteiger partial charge in [-0.1, -0.05) is 6.07 Å². The van der Waals surface area contributed by atoms with Crippen LogP contribution in [0.5, 0.6) is 0 Å². The van der Waals surface area contributed by atoms with Crippen molar-refractivity contribution in [2.24, 2.45) is 0 Å². The minimum absolute atomic E-state index is 0.287. The number of halogens is 1. The molecule has 1 aliphatic rings. The zero-order chi connectivity index (χ0) is 20.2. The number of aromatic nitrogens is 1. The third-order valence-electron chi connectivity index (χ3n) is 4.86. The van der Waals surface area contributed by atoms with E-state index in [4.69, 9.17) is 0 Å². The topological polar surface area (TPSA) is 66.1 Å². The second-order valence-corrected chi connectivity index (χ2v) is 6.88. The van der Waals surface area contributed by atoms with Gasteiger partial charge in [0, 0.05) is 42.1 Å². The predicted octanol–water partition coefficient (Wildman–Crippen LogP) is 4.59. The number of nitrogens with one attached hydrogen (secondary N) is 3. The Balaban J connectivity index is 1.43. The molecule has 0 atom stereocenters. The molecule has 0 radical (unpaired) electrons. The Morgan fingerprint density at radius 2 is 1.97 bits per heavy atom. The van der Waals surface area contributed by atoms with Crippen LogP contribution in [-0.4, -0.2) is 17.4 Å². The molecule has 0 unspecified atom stereocenters. The van der Waals surface area contributed by atoms with Crippen molar-refractivity contribution in [3.05, 3.63) is 89.6 Å². The van der Waals surface area contributed by atoms with Gasteiger partial charge in [-0.2, -0.15) is 0 Å². The standard InChI is InChI=1S/C23H21FN4O/c1-15-13-17(5-6-20(15)26-12-9-16-7-10-25-11-8-16)27-14-18-22-19(24)3-2-4-21(22)28-23(18)29/h2-8,10-11,13-14,26-27H,9,12H2,1H3,(H,28,29)/b18-14+. The van der Waals surface area contributed by atoms with Crippen LogP contribution in [0.1, 0.15) is 16.7 Å². The van der Waals surface area contributed by atoms with Gasteiger partial charge in [-0.05, 0) is 66.9 Å². The number of hydrogen-bond acceptors (Lipinski definition) is 4. The molecular formula is C23H21FN4O. The Morgan fingerprint density at radius 3 is 2.76 bits per heavy atom. The Kier molecular flexibility index (Phi) is 5.24. The zero-order valence-electron chi connectivity index (χ0n) is 16.0. The van der Waals surface area contributed by atoms with Crippen molar-refractivity contribution in [2.75, 3.05) is 22.5 Å². The number of benzene rings is 2. The number of anilines is 3. The second-order valence-electron chi connectivity index (χ2n) is 6.88. The van der Waals surface area contributed by atoms with E-state index in [-0.39, 0.29) is 11.5 Å². The van der Waals surface area contributed by atoms with Gasteiger partial charge in [0.25, 0.3) is 5.91 Å². The Labute approximate surface area is 168 Å². The van der Waals surface area contributed by atoms with Crippen LogP contribution in [0.25, 0.3) is 5.57 Å². The summed E-state index contributed by atoms with van der Waals surface area (Å²) in [6.07, 6.45) is 6.05. The molecule has 5 nitrogen and oxygen atoms in total. The molecule has 1 amide bonds. The minimum atomic E-state index is -0.418. The van der Waals surface area contributed by atoms with Crippen molar-refractivity contribution in [1.29, 1.82) is 0 Å². The molecule has 1 aromatic heterocycles. The number of hydrogen-bond donors (Lipinski definition) is 3. The number of fused-ring (bicyclic) bond motifs is 1. The molecule has 29 heavy (non-hydrogen) atoms. The molecule has 0 aliphatic carbocycles. The molecule has 0 bridgehead atoms. The van der Waals surface area contributed by atoms with Crippen molar-refractivity contribution < 1.29 is 9.18 Å². The lowest BCUT2D eigenvalue weighted by Crippen LogP contribution is -2.07. The molecule has 146 valence electrons. The van der Waals surface area contributed by atoms with Crippen molar-refractivity contribution in [3.8, 4) is 0 Å². The lowest BCUT2D eigenvalue weighted by molar-refractivity contribution is -0.110. The van der Waals surface area contributed by atoms with E-state index in [1.807, 2.05) is 37.3 Å². The van der Waals surface area contributed by atoms with Gasteiger partial charge in [0.15, 0.2) is 0 Å². The average molecular weight is 388 g/mol. The van der Waals surface area contributed by atoms with Crippen LogP contribution in [-0.2, 0) is 11.2 Å². The average Bonchev–Trinajstić information content (AvgIpc) is 3.05. The Morgan fingerprint density at radius 1 is 1.14 bits per heavy atom. The number of nitrogens with zero attached hydrogens (tertiary/aromatic N) is 1. The van der Waals surface area contributed by atoms with Crippen molar-refractivity contribution in [2.45, 2.75) is 13.3 Å². The fourth-order valence-corrected chi connectivity index (χ4v) is 3.34. The van der Waals surface area contributed by atoms with E-state index in [0.717, 1.165) is 29.9 Å². The molecule has 4 rings (SSSR count). The maximum atomic E-state index is 14.1. The fourth-order valence-electron chi connectivity index (χ4n) is 3.34. The summed E-state index contributed by atoms with van der Waals surface area (Å²) in [6, 6.07) is 14.5. The maximum absolute atomic E-state index is 14.1. The molecule has 2 heterocycles. The van der Waals surface area contributed by atoms with E-state index in [2.05, 4.69) is 20.9 Å². The Bertz CT molecular complexity index is 1080. The molecule has 2 aromatic carbocycles. The molecule has 3 N–H and O–H groups in total. The lowest BCUT2D eigenvalue weighted by atomic mass is 10.1. The van der Waals surface area contributed by atoms with Gasteiger partial charge in [-0.15, -0.1) is 0 Å². The van der Waals surface area contributed by atoms with E-state index in [9.17, 15) is 9.18 Å². The van der Waals surface area contributed by atoms with Crippen molar-refractivity contribution in [1.82, 2.24) is 4.98 Å². The first-order valence-corrected chi connectivity index (χ1v) is 9.42. The first-order chi connectivity index (χ1) is 14.1. The van der Waals surface area contributed by atoms with Crippen LogP contribution in [0.15, 0.2) is 67.1 Å². The molecule has 3 aromatic rings. The summed E-state index contributed by atoms with van der Waals surface area (Å²) in [5.74, 6) is -0.734. The van der Waals surface area contributed by atoms with E-state index >= 15 is 0 Å². The summed E-state index contributed by atoms with van der Waals surface area (Å²) < 4.78 is 14.1. The zero-order valence-corrected chi connectivity index (χ0v) is 16.0. The highest BCUT2D eigenvalue weighted by atomic mass is 19.1. The van der Waals surface area contributed by atoms with Crippen LogP contribution >= 0.6 is 0 Å². The summed E-state index contributed by atoms with van der Waals surface area (Å²) in [7, 11) is 0. The van der Waals surface area contributed by atoms with Gasteiger partial charge in [-0.25, -0.2) is 4.39 Å². The number of amides is 1. The number of aryl methyl sites for hydroxylation is 1.